The summed E-state index contributed by atoms with van der Waals surface area (Å²) in [6, 6.07) is 10.4. The molecule has 0 radical (unpaired) electrons. The van der Waals surface area contributed by atoms with Crippen LogP contribution >= 0.6 is 0 Å². The lowest BCUT2D eigenvalue weighted by molar-refractivity contribution is -0.135. The first-order valence-corrected chi connectivity index (χ1v) is 12.7. The number of nitrogens with one attached hydrogen (secondary N) is 1. The monoisotopic (exact) mass is 535 g/mol. The summed E-state index contributed by atoms with van der Waals surface area (Å²) in [7, 11) is -1.60. The number of alkyl halides is 3. The fourth-order valence-electron chi connectivity index (χ4n) is 3.82. The number of anilines is 1. The predicted octanol–water partition coefficient (Wildman–Crippen LogP) is 3.10. The molecule has 3 N–H and O–H groups in total. The van der Waals surface area contributed by atoms with E-state index < -0.39 is 41.3 Å². The maximum Gasteiger partial charge on any atom is 0.389 e. The third-order valence-corrected chi connectivity index (χ3v) is 7.17. The topological polar surface area (TPSA) is 131 Å². The number of nitrogens with zero attached hydrogens (tertiary/aromatic N) is 3. The number of nitrogens with two attached hydrogens (primary N) is 1. The number of hydrogen-bond acceptors (Lipinski definition) is 7. The molecule has 4 rings (SSSR count). The van der Waals surface area contributed by atoms with Gasteiger partial charge in [-0.1, -0.05) is 29.4 Å². The normalized spacial score (nSPS) is 17.9. The summed E-state index contributed by atoms with van der Waals surface area (Å²) in [6.45, 7) is 1.59. The van der Waals surface area contributed by atoms with Crippen molar-refractivity contribution in [1.82, 2.24) is 15.5 Å². The van der Waals surface area contributed by atoms with Gasteiger partial charge in [0, 0.05) is 31.0 Å². The van der Waals surface area contributed by atoms with Crippen LogP contribution in [0.5, 0.6) is 0 Å². The zero-order valence-electron chi connectivity index (χ0n) is 19.7. The second kappa shape index (κ2) is 10.8. The quantitative estimate of drug-likeness (QED) is 0.445. The molecule has 0 fully saturated rings. The van der Waals surface area contributed by atoms with Gasteiger partial charge in [0.1, 0.15) is 0 Å². The van der Waals surface area contributed by atoms with Crippen molar-refractivity contribution in [2.24, 2.45) is 5.73 Å². The van der Waals surface area contributed by atoms with Gasteiger partial charge in [-0.3, -0.25) is 13.8 Å². The largest absolute Gasteiger partial charge is 0.389 e. The van der Waals surface area contributed by atoms with Crippen molar-refractivity contribution in [1.29, 1.82) is 0 Å². The Morgan fingerprint density at radius 1 is 1.24 bits per heavy atom. The highest BCUT2D eigenvalue weighted by Crippen LogP contribution is 2.31. The van der Waals surface area contributed by atoms with Crippen LogP contribution in [0.2, 0.25) is 0 Å². The first-order valence-electron chi connectivity index (χ1n) is 11.4. The van der Waals surface area contributed by atoms with Crippen LogP contribution < -0.4 is 16.0 Å². The second-order valence-electron chi connectivity index (χ2n) is 8.53. The Bertz CT molecular complexity index is 1330. The summed E-state index contributed by atoms with van der Waals surface area (Å²) >= 11 is 0. The van der Waals surface area contributed by atoms with Gasteiger partial charge < -0.3 is 20.5 Å². The van der Waals surface area contributed by atoms with Gasteiger partial charge in [-0.05, 0) is 30.2 Å². The van der Waals surface area contributed by atoms with E-state index in [1.54, 1.807) is 31.2 Å². The molecule has 0 saturated heterocycles. The summed E-state index contributed by atoms with van der Waals surface area (Å²) in [6.07, 6.45) is -5.58. The Morgan fingerprint density at radius 3 is 2.62 bits per heavy atom. The lowest BCUT2D eigenvalue weighted by Crippen LogP contribution is -2.44. The van der Waals surface area contributed by atoms with Crippen LogP contribution in [0.4, 0.5) is 18.9 Å². The molecule has 2 heterocycles. The molecular weight excluding hydrogens is 511 g/mol. The molecular formula is C24H24F3N5O4S. The van der Waals surface area contributed by atoms with Crippen LogP contribution in [0.25, 0.3) is 11.4 Å². The Labute approximate surface area is 212 Å². The van der Waals surface area contributed by atoms with Crippen LogP contribution in [0.3, 0.4) is 0 Å². The number of aromatic nitrogens is 2. The molecule has 0 saturated carbocycles. The van der Waals surface area contributed by atoms with Crippen molar-refractivity contribution in [2.45, 2.75) is 43.4 Å². The van der Waals surface area contributed by atoms with Gasteiger partial charge in [0.15, 0.2) is 0 Å². The van der Waals surface area contributed by atoms with Gasteiger partial charge in [-0.15, -0.1) is 0 Å². The maximum absolute atomic E-state index is 13.2. The van der Waals surface area contributed by atoms with Crippen molar-refractivity contribution < 1.29 is 31.5 Å². The van der Waals surface area contributed by atoms with E-state index in [0.29, 0.717) is 22.2 Å². The van der Waals surface area contributed by atoms with E-state index in [1.165, 1.54) is 23.1 Å². The van der Waals surface area contributed by atoms with Gasteiger partial charge in [0.2, 0.25) is 17.6 Å². The molecule has 37 heavy (non-hydrogen) atoms. The van der Waals surface area contributed by atoms with Crippen LogP contribution in [0.15, 0.2) is 51.9 Å². The Balaban J connectivity index is 1.58. The van der Waals surface area contributed by atoms with Crippen molar-refractivity contribution >= 4 is 28.3 Å². The van der Waals surface area contributed by atoms with Crippen molar-refractivity contribution in [3.05, 3.63) is 59.5 Å². The number of aryl methyl sites for hydroxylation is 1. The molecule has 13 heteroatoms. The minimum absolute atomic E-state index is 0.0819. The van der Waals surface area contributed by atoms with E-state index >= 15 is 0 Å². The van der Waals surface area contributed by atoms with Gasteiger partial charge in [-0.2, -0.15) is 18.2 Å². The number of benzene rings is 2. The first-order chi connectivity index (χ1) is 17.5. The van der Waals surface area contributed by atoms with Gasteiger partial charge in [0.05, 0.1) is 39.7 Å². The highest BCUT2D eigenvalue weighted by molar-refractivity contribution is 7.85. The highest BCUT2D eigenvalue weighted by Gasteiger charge is 2.32. The zero-order valence-corrected chi connectivity index (χ0v) is 20.6. The number of carbonyl (C=O) groups excluding carboxylic acids is 2. The summed E-state index contributed by atoms with van der Waals surface area (Å²) in [5, 5.41) is 6.32. The summed E-state index contributed by atoms with van der Waals surface area (Å²) in [4.78, 5) is 31.6. The number of fused-ring (bicyclic) bond motifs is 1. The molecule has 2 atom stereocenters. The molecule has 1 aliphatic rings. The van der Waals surface area contributed by atoms with E-state index in [2.05, 4.69) is 15.5 Å². The molecule has 3 aromatic rings. The van der Waals surface area contributed by atoms with Crippen molar-refractivity contribution in [2.75, 3.05) is 17.2 Å². The zero-order chi connectivity index (χ0) is 26.7. The van der Waals surface area contributed by atoms with E-state index in [-0.39, 0.29) is 36.5 Å². The number of amides is 2. The number of carbonyl (C=O) groups is 2. The van der Waals surface area contributed by atoms with E-state index in [0.717, 1.165) is 5.56 Å². The molecule has 196 valence electrons. The fourth-order valence-corrected chi connectivity index (χ4v) is 5.09. The molecule has 1 unspecified atom stereocenters. The number of halogens is 3. The average molecular weight is 536 g/mol. The Morgan fingerprint density at radius 2 is 1.97 bits per heavy atom. The van der Waals surface area contributed by atoms with Gasteiger partial charge in [-0.25, -0.2) is 0 Å². The van der Waals surface area contributed by atoms with E-state index in [4.69, 9.17) is 10.3 Å². The van der Waals surface area contributed by atoms with Crippen LogP contribution in [0, 0.1) is 6.92 Å². The summed E-state index contributed by atoms with van der Waals surface area (Å²) in [5.41, 5.74) is 7.85. The average Bonchev–Trinajstić information content (AvgIpc) is 3.27. The fraction of sp³-hybridized carbons (Fsp3) is 0.333. The van der Waals surface area contributed by atoms with E-state index in [9.17, 15) is 27.0 Å². The van der Waals surface area contributed by atoms with Crippen LogP contribution in [-0.2, 0) is 22.1 Å². The highest BCUT2D eigenvalue weighted by atomic mass is 32.2. The smallest absolute Gasteiger partial charge is 0.352 e. The minimum Gasteiger partial charge on any atom is -0.352 e. The number of hydrogen-bond donors (Lipinski definition) is 2. The van der Waals surface area contributed by atoms with Crippen LogP contribution in [-0.4, -0.2) is 50.7 Å². The summed E-state index contributed by atoms with van der Waals surface area (Å²) in [5.74, 6) is -0.303. The van der Waals surface area contributed by atoms with E-state index in [1.807, 2.05) is 0 Å². The minimum atomic E-state index is -4.30. The molecule has 0 bridgehead atoms. The predicted molar refractivity (Wildman–Crippen MR) is 129 cm³/mol. The third kappa shape index (κ3) is 6.41. The molecule has 2 amide bonds. The lowest BCUT2D eigenvalue weighted by atomic mass is 10.1. The Hall–Kier alpha value is -3.58. The molecule has 9 nitrogen and oxygen atoms in total. The molecule has 2 aromatic carbocycles. The van der Waals surface area contributed by atoms with Gasteiger partial charge >= 0.3 is 6.18 Å². The third-order valence-electron chi connectivity index (χ3n) is 5.67. The second-order valence-corrected chi connectivity index (χ2v) is 10.00. The molecule has 0 spiro atoms. The Kier molecular flexibility index (Phi) is 7.73. The summed E-state index contributed by atoms with van der Waals surface area (Å²) < 4.78 is 55.0. The molecule has 0 aliphatic carbocycles. The maximum atomic E-state index is 13.2. The molecule has 1 aromatic heterocycles. The standard InChI is InChI=1S/C24H24F3N5O4S/c1-14-30-21(31-36-14)16-5-3-15(4-6-16)12-32-19-11-17(22(33)29-10-2-9-24(25,26)27)7-8-20(19)37(35)13-18(28)23(32)34/h3-8,11,18H,2,9-10,12-13,28H2,1H3,(H,29,33)/t18-,37?/m0/s1. The van der Waals surface area contributed by atoms with Crippen LogP contribution in [0.1, 0.15) is 34.7 Å². The van der Waals surface area contributed by atoms with Crippen molar-refractivity contribution in [3.8, 4) is 11.4 Å². The SMILES string of the molecule is Cc1nc(-c2ccc(CN3C(=O)[C@@H](N)CS(=O)c4ccc(C(=O)NCCCC(F)(F)F)cc43)cc2)no1. The van der Waals surface area contributed by atoms with Crippen molar-refractivity contribution in [3.63, 3.8) is 0 Å². The number of rotatable bonds is 7. The first kappa shape index (κ1) is 26.5. The lowest BCUT2D eigenvalue weighted by Gasteiger charge is -2.25. The van der Waals surface area contributed by atoms with Gasteiger partial charge in [0.25, 0.3) is 5.91 Å². The molecule has 1 aliphatic heterocycles.